The number of guanidine groups is 1. The molecule has 1 amide bonds. The second kappa shape index (κ2) is 10.1. The maximum atomic E-state index is 11.9. The molecule has 162 valence electrons. The summed E-state index contributed by atoms with van der Waals surface area (Å²) in [4.78, 5) is 20.3. The number of hydrogen-bond acceptors (Lipinski definition) is 4. The maximum absolute atomic E-state index is 11.9. The van der Waals surface area contributed by atoms with E-state index in [4.69, 9.17) is 9.84 Å². The van der Waals surface area contributed by atoms with Gasteiger partial charge in [-0.15, -0.1) is 0 Å². The van der Waals surface area contributed by atoms with Crippen LogP contribution in [0, 0.1) is 13.8 Å². The molecule has 0 aliphatic carbocycles. The summed E-state index contributed by atoms with van der Waals surface area (Å²) in [5.41, 5.74) is 4.61. The van der Waals surface area contributed by atoms with Crippen molar-refractivity contribution in [2.75, 3.05) is 39.8 Å². The molecule has 1 N–H and O–H groups in total. The fourth-order valence-corrected chi connectivity index (χ4v) is 3.72. The second-order valence-corrected chi connectivity index (χ2v) is 7.37. The van der Waals surface area contributed by atoms with E-state index >= 15 is 0 Å². The zero-order valence-electron chi connectivity index (χ0n) is 18.4. The van der Waals surface area contributed by atoms with Crippen molar-refractivity contribution < 1.29 is 9.53 Å². The van der Waals surface area contributed by atoms with Crippen LogP contribution in [0.4, 0.5) is 4.79 Å². The van der Waals surface area contributed by atoms with E-state index in [9.17, 15) is 4.79 Å². The third-order valence-corrected chi connectivity index (χ3v) is 5.45. The van der Waals surface area contributed by atoms with Crippen LogP contribution in [0.25, 0.3) is 0 Å². The van der Waals surface area contributed by atoms with E-state index in [-0.39, 0.29) is 6.09 Å². The lowest BCUT2D eigenvalue weighted by Crippen LogP contribution is -2.53. The number of rotatable bonds is 5. The molecule has 0 radical (unpaired) electrons. The van der Waals surface area contributed by atoms with Gasteiger partial charge in [0.25, 0.3) is 0 Å². The average molecular weight is 413 g/mol. The number of ether oxygens (including phenoxy) is 1. The van der Waals surface area contributed by atoms with Crippen molar-refractivity contribution in [1.82, 2.24) is 24.9 Å². The lowest BCUT2D eigenvalue weighted by Gasteiger charge is -2.35. The van der Waals surface area contributed by atoms with Crippen molar-refractivity contribution >= 4 is 12.1 Å². The number of carbonyl (C=O) groups excluding carboxylic acids is 1. The summed E-state index contributed by atoms with van der Waals surface area (Å²) >= 11 is 0. The number of piperazine rings is 1. The first-order valence-electron chi connectivity index (χ1n) is 10.5. The van der Waals surface area contributed by atoms with Crippen LogP contribution in [-0.4, -0.2) is 71.5 Å². The smallest absolute Gasteiger partial charge is 0.409 e. The summed E-state index contributed by atoms with van der Waals surface area (Å²) in [5.74, 6) is 0.841. The third-order valence-electron chi connectivity index (χ3n) is 5.45. The summed E-state index contributed by atoms with van der Waals surface area (Å²) in [6.45, 7) is 10.5. The van der Waals surface area contributed by atoms with Crippen LogP contribution in [0.5, 0.6) is 0 Å². The van der Waals surface area contributed by atoms with Gasteiger partial charge in [0.05, 0.1) is 18.8 Å². The SMILES string of the molecule is CCOC(=O)N1CCN(C(=NC)NCc2c(C)nn(Cc3ccccc3)c2C)CC1. The number of nitrogens with zero attached hydrogens (tertiary/aromatic N) is 5. The van der Waals surface area contributed by atoms with Crippen molar-refractivity contribution in [2.24, 2.45) is 4.99 Å². The van der Waals surface area contributed by atoms with E-state index in [2.05, 4.69) is 51.1 Å². The van der Waals surface area contributed by atoms with Crippen LogP contribution in [0.1, 0.15) is 29.4 Å². The third kappa shape index (κ3) is 5.11. The highest BCUT2D eigenvalue weighted by atomic mass is 16.6. The van der Waals surface area contributed by atoms with Crippen molar-refractivity contribution in [3.63, 3.8) is 0 Å². The predicted octanol–water partition coefficient (Wildman–Crippen LogP) is 2.40. The van der Waals surface area contributed by atoms with Gasteiger partial charge in [-0.05, 0) is 26.3 Å². The highest BCUT2D eigenvalue weighted by Gasteiger charge is 2.24. The minimum absolute atomic E-state index is 0.239. The number of aliphatic imine (C=N–C) groups is 1. The number of nitrogens with one attached hydrogen (secondary N) is 1. The van der Waals surface area contributed by atoms with Crippen LogP contribution >= 0.6 is 0 Å². The molecule has 0 spiro atoms. The minimum atomic E-state index is -0.239. The molecule has 8 nitrogen and oxygen atoms in total. The maximum Gasteiger partial charge on any atom is 0.409 e. The molecule has 0 saturated carbocycles. The fraction of sp³-hybridized carbons (Fsp3) is 0.500. The number of hydrogen-bond donors (Lipinski definition) is 1. The highest BCUT2D eigenvalue weighted by molar-refractivity contribution is 5.80. The zero-order chi connectivity index (χ0) is 21.5. The number of aromatic nitrogens is 2. The van der Waals surface area contributed by atoms with Gasteiger partial charge in [0.1, 0.15) is 0 Å². The fourth-order valence-electron chi connectivity index (χ4n) is 3.72. The summed E-state index contributed by atoms with van der Waals surface area (Å²) in [5, 5.41) is 8.21. The molecule has 1 aliphatic heterocycles. The van der Waals surface area contributed by atoms with E-state index in [1.165, 1.54) is 11.1 Å². The Morgan fingerprint density at radius 2 is 1.80 bits per heavy atom. The monoisotopic (exact) mass is 412 g/mol. The van der Waals surface area contributed by atoms with E-state index in [0.29, 0.717) is 26.2 Å². The lowest BCUT2D eigenvalue weighted by molar-refractivity contribution is 0.0914. The van der Waals surface area contributed by atoms with Gasteiger partial charge < -0.3 is 19.9 Å². The Balaban J connectivity index is 1.59. The van der Waals surface area contributed by atoms with E-state index in [1.54, 1.807) is 11.9 Å². The summed E-state index contributed by atoms with van der Waals surface area (Å²) < 4.78 is 7.15. The minimum Gasteiger partial charge on any atom is -0.450 e. The molecule has 2 heterocycles. The molecule has 0 atom stereocenters. The van der Waals surface area contributed by atoms with Gasteiger partial charge in [-0.1, -0.05) is 30.3 Å². The number of aryl methyl sites for hydroxylation is 1. The quantitative estimate of drug-likeness (QED) is 0.603. The van der Waals surface area contributed by atoms with E-state index in [1.807, 2.05) is 19.9 Å². The molecular weight excluding hydrogens is 380 g/mol. The molecule has 0 unspecified atom stereocenters. The molecule has 2 aromatic rings. The molecule has 0 bridgehead atoms. The Morgan fingerprint density at radius 3 is 2.43 bits per heavy atom. The van der Waals surface area contributed by atoms with Crippen LogP contribution in [0.2, 0.25) is 0 Å². The topological polar surface area (TPSA) is 75.0 Å². The van der Waals surface area contributed by atoms with Crippen molar-refractivity contribution in [1.29, 1.82) is 0 Å². The summed E-state index contributed by atoms with van der Waals surface area (Å²) in [6.07, 6.45) is -0.239. The summed E-state index contributed by atoms with van der Waals surface area (Å²) in [6, 6.07) is 10.4. The lowest BCUT2D eigenvalue weighted by atomic mass is 10.2. The molecule has 3 rings (SSSR count). The van der Waals surface area contributed by atoms with Gasteiger partial charge in [-0.3, -0.25) is 9.67 Å². The number of amides is 1. The predicted molar refractivity (Wildman–Crippen MR) is 118 cm³/mol. The van der Waals surface area contributed by atoms with E-state index in [0.717, 1.165) is 37.0 Å². The van der Waals surface area contributed by atoms with Crippen molar-refractivity contribution in [3.05, 3.63) is 52.8 Å². The Bertz CT molecular complexity index is 869. The van der Waals surface area contributed by atoms with Crippen LogP contribution in [0.3, 0.4) is 0 Å². The zero-order valence-corrected chi connectivity index (χ0v) is 18.4. The van der Waals surface area contributed by atoms with Crippen molar-refractivity contribution in [2.45, 2.75) is 33.9 Å². The summed E-state index contributed by atoms with van der Waals surface area (Å²) in [7, 11) is 1.79. The first kappa shape index (κ1) is 21.7. The first-order chi connectivity index (χ1) is 14.5. The van der Waals surface area contributed by atoms with Crippen molar-refractivity contribution in [3.8, 4) is 0 Å². The van der Waals surface area contributed by atoms with E-state index < -0.39 is 0 Å². The second-order valence-electron chi connectivity index (χ2n) is 7.37. The Kier molecular flexibility index (Phi) is 7.32. The largest absolute Gasteiger partial charge is 0.450 e. The molecule has 1 aliphatic rings. The van der Waals surface area contributed by atoms with Gasteiger partial charge in [-0.25, -0.2) is 4.79 Å². The standard InChI is InChI=1S/C22H32N6O2/c1-5-30-22(29)27-13-11-26(12-14-27)21(23-4)24-15-20-17(2)25-28(18(20)3)16-19-9-7-6-8-10-19/h6-10H,5,11-16H2,1-4H3,(H,23,24). The van der Waals surface area contributed by atoms with Gasteiger partial charge in [0, 0.05) is 51.0 Å². The van der Waals surface area contributed by atoms with Crippen LogP contribution in [0.15, 0.2) is 35.3 Å². The molecule has 30 heavy (non-hydrogen) atoms. The van der Waals surface area contributed by atoms with Gasteiger partial charge in [0.15, 0.2) is 5.96 Å². The molecule has 1 aromatic carbocycles. The molecule has 1 fully saturated rings. The molecule has 1 aromatic heterocycles. The molecule has 1 saturated heterocycles. The number of carbonyl (C=O) groups is 1. The number of benzene rings is 1. The average Bonchev–Trinajstić information content (AvgIpc) is 3.02. The Morgan fingerprint density at radius 1 is 1.13 bits per heavy atom. The van der Waals surface area contributed by atoms with Crippen LogP contribution < -0.4 is 5.32 Å². The Hall–Kier alpha value is -3.03. The van der Waals surface area contributed by atoms with Gasteiger partial charge in [0.2, 0.25) is 0 Å². The van der Waals surface area contributed by atoms with Crippen LogP contribution in [-0.2, 0) is 17.8 Å². The Labute approximate surface area is 178 Å². The van der Waals surface area contributed by atoms with Gasteiger partial charge in [-0.2, -0.15) is 5.10 Å². The normalized spacial score (nSPS) is 14.7. The highest BCUT2D eigenvalue weighted by Crippen LogP contribution is 2.15. The first-order valence-corrected chi connectivity index (χ1v) is 10.5. The molecular formula is C22H32N6O2. The van der Waals surface area contributed by atoms with Gasteiger partial charge >= 0.3 is 6.09 Å². The molecule has 8 heteroatoms.